The molecule has 2 rings (SSSR count). The Bertz CT molecular complexity index is 502. The van der Waals surface area contributed by atoms with E-state index in [2.05, 4.69) is 5.32 Å². The number of Topliss-reactive ketones (excluding diaryl/α,β-unsaturated/α-hetero) is 1. The third-order valence-electron chi connectivity index (χ3n) is 3.98. The molecule has 19 heavy (non-hydrogen) atoms. The number of halogens is 3. The molecule has 1 unspecified atom stereocenters. The van der Waals surface area contributed by atoms with E-state index in [1.807, 2.05) is 0 Å². The highest BCUT2D eigenvalue weighted by atomic mass is 19.4. The van der Waals surface area contributed by atoms with Crippen LogP contribution in [0.15, 0.2) is 18.2 Å². The van der Waals surface area contributed by atoms with Crippen LogP contribution in [0.4, 0.5) is 13.2 Å². The summed E-state index contributed by atoms with van der Waals surface area (Å²) in [4.78, 5) is 12.4. The second-order valence-electron chi connectivity index (χ2n) is 5.08. The molecule has 1 saturated heterocycles. The number of carbonyl (C=O) groups is 1. The molecule has 0 aromatic heterocycles. The largest absolute Gasteiger partial charge is 0.402 e. The number of hydrogen-bond donors (Lipinski definition) is 1. The summed E-state index contributed by atoms with van der Waals surface area (Å²) in [6.45, 7) is 3.37. The predicted octanol–water partition coefficient (Wildman–Crippen LogP) is 3.03. The third kappa shape index (κ3) is 2.16. The zero-order valence-electron chi connectivity index (χ0n) is 10.9. The fourth-order valence-electron chi connectivity index (χ4n) is 2.51. The number of aryl methyl sites for hydroxylation is 1. The molecule has 0 aliphatic carbocycles. The van der Waals surface area contributed by atoms with Crippen molar-refractivity contribution >= 4 is 5.78 Å². The lowest BCUT2D eigenvalue weighted by Gasteiger charge is -2.30. The first-order valence-electron chi connectivity index (χ1n) is 6.18. The van der Waals surface area contributed by atoms with Crippen molar-refractivity contribution in [3.05, 3.63) is 34.9 Å². The predicted molar refractivity (Wildman–Crippen MR) is 66.2 cm³/mol. The molecule has 1 atom stereocenters. The van der Waals surface area contributed by atoms with Crippen LogP contribution >= 0.6 is 0 Å². The molecule has 1 fully saturated rings. The Labute approximate surface area is 110 Å². The zero-order valence-corrected chi connectivity index (χ0v) is 10.9. The Morgan fingerprint density at radius 3 is 2.53 bits per heavy atom. The fourth-order valence-corrected chi connectivity index (χ4v) is 2.51. The molecule has 104 valence electrons. The van der Waals surface area contributed by atoms with E-state index in [4.69, 9.17) is 0 Å². The topological polar surface area (TPSA) is 29.1 Å². The highest BCUT2D eigenvalue weighted by molar-refractivity contribution is 6.02. The van der Waals surface area contributed by atoms with Crippen molar-refractivity contribution in [2.24, 2.45) is 5.41 Å². The standard InChI is InChI=1S/C14H16F3NO/c1-9-4-3-5-11(10(9)2)12(19)13(14(15,16)17)6-7-18-8-13/h3-5,18H,6-8H2,1-2H3. The molecule has 1 aliphatic rings. The maximum atomic E-state index is 13.3. The van der Waals surface area contributed by atoms with Crippen LogP contribution in [-0.4, -0.2) is 25.0 Å². The fraction of sp³-hybridized carbons (Fsp3) is 0.500. The first-order valence-corrected chi connectivity index (χ1v) is 6.18. The summed E-state index contributed by atoms with van der Waals surface area (Å²) in [6.07, 6.45) is -4.72. The number of rotatable bonds is 2. The van der Waals surface area contributed by atoms with E-state index in [1.54, 1.807) is 26.0 Å². The van der Waals surface area contributed by atoms with Crippen molar-refractivity contribution in [3.8, 4) is 0 Å². The number of ketones is 1. The van der Waals surface area contributed by atoms with Gasteiger partial charge in [0.15, 0.2) is 5.78 Å². The van der Waals surface area contributed by atoms with Gasteiger partial charge in [0.2, 0.25) is 0 Å². The SMILES string of the molecule is Cc1cccc(C(=O)C2(C(F)(F)F)CCNC2)c1C. The number of carbonyl (C=O) groups excluding carboxylic acids is 1. The highest BCUT2D eigenvalue weighted by Gasteiger charge is 2.61. The van der Waals surface area contributed by atoms with Crippen molar-refractivity contribution < 1.29 is 18.0 Å². The average Bonchev–Trinajstić information content (AvgIpc) is 2.81. The Balaban J connectivity index is 2.50. The van der Waals surface area contributed by atoms with Gasteiger partial charge in [0.1, 0.15) is 5.41 Å². The number of benzene rings is 1. The van der Waals surface area contributed by atoms with Crippen LogP contribution in [0.2, 0.25) is 0 Å². The summed E-state index contributed by atoms with van der Waals surface area (Å²) in [7, 11) is 0. The molecule has 1 aromatic rings. The smallest absolute Gasteiger partial charge is 0.315 e. The lowest BCUT2D eigenvalue weighted by atomic mass is 9.77. The lowest BCUT2D eigenvalue weighted by Crippen LogP contribution is -2.47. The molecule has 0 bridgehead atoms. The summed E-state index contributed by atoms with van der Waals surface area (Å²) in [6, 6.07) is 4.90. The van der Waals surface area contributed by atoms with Crippen LogP contribution < -0.4 is 5.32 Å². The first kappa shape index (κ1) is 14.1. The molecule has 1 aromatic carbocycles. The van der Waals surface area contributed by atoms with Gasteiger partial charge in [0.05, 0.1) is 0 Å². The van der Waals surface area contributed by atoms with Gasteiger partial charge in [-0.3, -0.25) is 4.79 Å². The quantitative estimate of drug-likeness (QED) is 0.838. The minimum Gasteiger partial charge on any atom is -0.315 e. The molecular formula is C14H16F3NO. The van der Waals surface area contributed by atoms with Crippen LogP contribution in [0.5, 0.6) is 0 Å². The zero-order chi connectivity index (χ0) is 14.3. The Morgan fingerprint density at radius 1 is 1.32 bits per heavy atom. The maximum Gasteiger partial charge on any atom is 0.402 e. The molecule has 1 N–H and O–H groups in total. The van der Waals surface area contributed by atoms with Crippen molar-refractivity contribution in [1.29, 1.82) is 0 Å². The van der Waals surface area contributed by atoms with Gasteiger partial charge in [0, 0.05) is 12.1 Å². The third-order valence-corrected chi connectivity index (χ3v) is 3.98. The Hall–Kier alpha value is -1.36. The molecule has 1 aliphatic heterocycles. The van der Waals surface area contributed by atoms with E-state index in [0.717, 1.165) is 5.56 Å². The second kappa shape index (κ2) is 4.63. The maximum absolute atomic E-state index is 13.3. The Morgan fingerprint density at radius 2 is 2.00 bits per heavy atom. The molecule has 0 radical (unpaired) electrons. The summed E-state index contributed by atoms with van der Waals surface area (Å²) >= 11 is 0. The van der Waals surface area contributed by atoms with Gasteiger partial charge in [-0.25, -0.2) is 0 Å². The highest BCUT2D eigenvalue weighted by Crippen LogP contribution is 2.45. The van der Waals surface area contributed by atoms with Crippen LogP contribution in [0.25, 0.3) is 0 Å². The van der Waals surface area contributed by atoms with E-state index < -0.39 is 17.4 Å². The molecule has 0 saturated carbocycles. The van der Waals surface area contributed by atoms with Crippen LogP contribution in [0, 0.1) is 19.3 Å². The molecule has 1 heterocycles. The van der Waals surface area contributed by atoms with Crippen molar-refractivity contribution in [2.45, 2.75) is 26.4 Å². The van der Waals surface area contributed by atoms with Crippen molar-refractivity contribution in [2.75, 3.05) is 13.1 Å². The molecular weight excluding hydrogens is 255 g/mol. The van der Waals surface area contributed by atoms with Crippen LogP contribution in [-0.2, 0) is 0 Å². The van der Waals surface area contributed by atoms with Crippen LogP contribution in [0.3, 0.4) is 0 Å². The van der Waals surface area contributed by atoms with E-state index >= 15 is 0 Å². The van der Waals surface area contributed by atoms with Gasteiger partial charge in [-0.2, -0.15) is 13.2 Å². The number of hydrogen-bond acceptors (Lipinski definition) is 2. The normalized spacial score (nSPS) is 23.6. The summed E-state index contributed by atoms with van der Waals surface area (Å²) in [5, 5.41) is 2.66. The van der Waals surface area contributed by atoms with Gasteiger partial charge in [-0.05, 0) is 37.9 Å². The lowest BCUT2D eigenvalue weighted by molar-refractivity contribution is -0.197. The second-order valence-corrected chi connectivity index (χ2v) is 5.08. The van der Waals surface area contributed by atoms with Gasteiger partial charge >= 0.3 is 6.18 Å². The average molecular weight is 271 g/mol. The number of nitrogens with one attached hydrogen (secondary N) is 1. The number of alkyl halides is 3. The summed E-state index contributed by atoms with van der Waals surface area (Å²) < 4.78 is 40.0. The van der Waals surface area contributed by atoms with Gasteiger partial charge < -0.3 is 5.32 Å². The molecule has 5 heteroatoms. The Kier molecular flexibility index (Phi) is 3.43. The van der Waals surface area contributed by atoms with E-state index in [1.165, 1.54) is 6.07 Å². The molecule has 0 spiro atoms. The van der Waals surface area contributed by atoms with E-state index in [-0.39, 0.29) is 25.1 Å². The van der Waals surface area contributed by atoms with Gasteiger partial charge in [-0.15, -0.1) is 0 Å². The van der Waals surface area contributed by atoms with Crippen molar-refractivity contribution in [3.63, 3.8) is 0 Å². The first-order chi connectivity index (χ1) is 8.79. The minimum atomic E-state index is -4.52. The van der Waals surface area contributed by atoms with Crippen molar-refractivity contribution in [1.82, 2.24) is 5.32 Å². The molecule has 2 nitrogen and oxygen atoms in total. The van der Waals surface area contributed by atoms with Gasteiger partial charge in [-0.1, -0.05) is 18.2 Å². The molecule has 0 amide bonds. The van der Waals surface area contributed by atoms with Gasteiger partial charge in [0.25, 0.3) is 0 Å². The summed E-state index contributed by atoms with van der Waals surface area (Å²) in [5.74, 6) is -0.814. The monoisotopic (exact) mass is 271 g/mol. The summed E-state index contributed by atoms with van der Waals surface area (Å²) in [5.41, 5.74) is -0.635. The van der Waals surface area contributed by atoms with Crippen LogP contribution in [0.1, 0.15) is 27.9 Å². The minimum absolute atomic E-state index is 0.182. The van der Waals surface area contributed by atoms with E-state index in [0.29, 0.717) is 5.56 Å². The van der Waals surface area contributed by atoms with E-state index in [9.17, 15) is 18.0 Å².